The van der Waals surface area contributed by atoms with Gasteiger partial charge in [0.05, 0.1) is 0 Å². The monoisotopic (exact) mass is 342 g/mol. The summed E-state index contributed by atoms with van der Waals surface area (Å²) in [6.07, 6.45) is 0. The van der Waals surface area contributed by atoms with E-state index in [9.17, 15) is 9.59 Å². The van der Waals surface area contributed by atoms with Crippen LogP contribution in [0, 0.1) is 11.8 Å². The van der Waals surface area contributed by atoms with Gasteiger partial charge in [-0.1, -0.05) is 32.0 Å². The average Bonchev–Trinajstić information content (AvgIpc) is 2.97. The van der Waals surface area contributed by atoms with Gasteiger partial charge in [-0.25, -0.2) is 0 Å². The highest BCUT2D eigenvalue weighted by molar-refractivity contribution is 6.00. The van der Waals surface area contributed by atoms with Crippen LogP contribution in [-0.2, 0) is 4.79 Å². The van der Waals surface area contributed by atoms with Gasteiger partial charge in [-0.3, -0.25) is 9.59 Å². The lowest BCUT2D eigenvalue weighted by atomic mass is 9.82. The van der Waals surface area contributed by atoms with Crippen LogP contribution in [0.15, 0.2) is 30.3 Å². The Kier molecular flexibility index (Phi) is 5.08. The maximum Gasteiger partial charge on any atom is 0.268 e. The molecule has 134 valence electrons. The Balaban J connectivity index is 1.51. The van der Waals surface area contributed by atoms with Gasteiger partial charge in [0.15, 0.2) is 0 Å². The summed E-state index contributed by atoms with van der Waals surface area (Å²) in [7, 11) is 0. The lowest BCUT2D eigenvalue weighted by Gasteiger charge is -2.41. The normalized spacial score (nSPS) is 21.0. The van der Waals surface area contributed by atoms with E-state index in [4.69, 9.17) is 0 Å². The summed E-state index contributed by atoms with van der Waals surface area (Å²) in [5, 5.41) is 9.99. The second kappa shape index (κ2) is 7.27. The molecule has 3 rings (SSSR count). The van der Waals surface area contributed by atoms with Gasteiger partial charge in [-0.05, 0) is 30.9 Å². The van der Waals surface area contributed by atoms with Crippen molar-refractivity contribution < 1.29 is 9.59 Å². The third kappa shape index (κ3) is 3.85. The number of carbonyl (C=O) groups is 2. The number of carbonyl (C=O) groups excluding carboxylic acids is 2. The minimum absolute atomic E-state index is 0.166. The van der Waals surface area contributed by atoms with Crippen molar-refractivity contribution in [2.24, 2.45) is 11.8 Å². The Hall–Kier alpha value is -2.34. The van der Waals surface area contributed by atoms with E-state index in [2.05, 4.69) is 34.8 Å². The van der Waals surface area contributed by atoms with Gasteiger partial charge in [-0.2, -0.15) is 0 Å². The van der Waals surface area contributed by atoms with Gasteiger partial charge < -0.3 is 20.9 Å². The Morgan fingerprint density at radius 2 is 2.00 bits per heavy atom. The first-order valence-corrected chi connectivity index (χ1v) is 8.85. The van der Waals surface area contributed by atoms with Crippen LogP contribution in [0.5, 0.6) is 0 Å². The minimum atomic E-state index is -0.587. The fourth-order valence-electron chi connectivity index (χ4n) is 3.24. The third-order valence-electron chi connectivity index (χ3n) is 5.00. The molecule has 0 aliphatic carbocycles. The summed E-state index contributed by atoms with van der Waals surface area (Å²) in [5.74, 6) is 0.750. The Labute approximate surface area is 147 Å². The number of amides is 2. The Morgan fingerprint density at radius 1 is 1.24 bits per heavy atom. The summed E-state index contributed by atoms with van der Waals surface area (Å²) in [6.45, 7) is 7.69. The first-order valence-electron chi connectivity index (χ1n) is 8.85. The second-order valence-corrected chi connectivity index (χ2v) is 7.13. The molecule has 1 saturated heterocycles. The molecular weight excluding hydrogens is 316 g/mol. The molecule has 0 bridgehead atoms. The molecule has 1 aliphatic rings. The number of nitrogens with one attached hydrogen (secondary N) is 4. The van der Waals surface area contributed by atoms with Crippen LogP contribution in [0.4, 0.5) is 0 Å². The van der Waals surface area contributed by atoms with Crippen molar-refractivity contribution in [1.29, 1.82) is 0 Å². The van der Waals surface area contributed by atoms with Crippen LogP contribution < -0.4 is 16.0 Å². The summed E-state index contributed by atoms with van der Waals surface area (Å²) < 4.78 is 0. The Morgan fingerprint density at radius 3 is 2.64 bits per heavy atom. The van der Waals surface area contributed by atoms with Crippen molar-refractivity contribution in [2.75, 3.05) is 13.1 Å². The van der Waals surface area contributed by atoms with Gasteiger partial charge in [0.25, 0.3) is 5.91 Å². The molecule has 1 unspecified atom stereocenters. The average molecular weight is 342 g/mol. The molecule has 6 heteroatoms. The highest BCUT2D eigenvalue weighted by Crippen LogP contribution is 2.21. The second-order valence-electron chi connectivity index (χ2n) is 7.13. The van der Waals surface area contributed by atoms with Crippen molar-refractivity contribution in [3.63, 3.8) is 0 Å². The smallest absolute Gasteiger partial charge is 0.268 e. The highest BCUT2D eigenvalue weighted by Gasteiger charge is 2.32. The standard InChI is InChI=1S/C19H26N4O2/c1-11(2)14-9-20-17(14)10-21-18(24)12(3)22-19(25)16-8-13-6-4-5-7-15(13)23-16/h4-8,11-12,14,17,20,23H,9-10H2,1-3H3,(H,21,24)(H,22,25)/t12-,14?,17+/m0/s1. The van der Waals surface area contributed by atoms with Gasteiger partial charge in [0.2, 0.25) is 5.91 Å². The molecule has 1 aromatic heterocycles. The van der Waals surface area contributed by atoms with Crippen LogP contribution in [-0.4, -0.2) is 42.0 Å². The largest absolute Gasteiger partial charge is 0.353 e. The molecule has 2 heterocycles. The van der Waals surface area contributed by atoms with E-state index < -0.39 is 6.04 Å². The zero-order valence-corrected chi connectivity index (χ0v) is 14.9. The highest BCUT2D eigenvalue weighted by atomic mass is 16.2. The van der Waals surface area contributed by atoms with E-state index in [-0.39, 0.29) is 11.8 Å². The zero-order chi connectivity index (χ0) is 18.0. The number of hydrogen-bond acceptors (Lipinski definition) is 3. The fraction of sp³-hybridized carbons (Fsp3) is 0.474. The molecule has 0 radical (unpaired) electrons. The number of fused-ring (bicyclic) bond motifs is 1. The molecule has 4 N–H and O–H groups in total. The topological polar surface area (TPSA) is 86.0 Å². The zero-order valence-electron chi connectivity index (χ0n) is 14.9. The SMILES string of the molecule is CC(C)C1CN[C@@H]1CNC(=O)[C@H](C)NC(=O)c1cc2ccccc2[nH]1. The van der Waals surface area contributed by atoms with Gasteiger partial charge in [-0.15, -0.1) is 0 Å². The van der Waals surface area contributed by atoms with Crippen LogP contribution in [0.2, 0.25) is 0 Å². The number of para-hydroxylation sites is 1. The molecule has 0 spiro atoms. The van der Waals surface area contributed by atoms with E-state index in [1.807, 2.05) is 24.3 Å². The molecule has 2 aromatic rings. The van der Waals surface area contributed by atoms with Crippen molar-refractivity contribution in [3.8, 4) is 0 Å². The van der Waals surface area contributed by atoms with E-state index in [0.717, 1.165) is 17.4 Å². The third-order valence-corrected chi connectivity index (χ3v) is 5.00. The first kappa shape index (κ1) is 17.5. The Bertz CT molecular complexity index is 735. The molecule has 25 heavy (non-hydrogen) atoms. The van der Waals surface area contributed by atoms with Crippen molar-refractivity contribution in [2.45, 2.75) is 32.9 Å². The molecular formula is C19H26N4O2. The number of aromatic nitrogens is 1. The van der Waals surface area contributed by atoms with E-state index in [0.29, 0.717) is 30.1 Å². The number of hydrogen-bond donors (Lipinski definition) is 4. The molecule has 6 nitrogen and oxygen atoms in total. The van der Waals surface area contributed by atoms with E-state index in [1.165, 1.54) is 0 Å². The van der Waals surface area contributed by atoms with Gasteiger partial charge >= 0.3 is 0 Å². The maximum atomic E-state index is 12.3. The van der Waals surface area contributed by atoms with Gasteiger partial charge in [0, 0.05) is 30.0 Å². The fourth-order valence-corrected chi connectivity index (χ4v) is 3.24. The number of H-pyrrole nitrogens is 1. The predicted octanol–water partition coefficient (Wildman–Crippen LogP) is 1.65. The molecule has 1 fully saturated rings. The lowest BCUT2D eigenvalue weighted by molar-refractivity contribution is -0.122. The number of benzene rings is 1. The minimum Gasteiger partial charge on any atom is -0.353 e. The maximum absolute atomic E-state index is 12.3. The number of rotatable bonds is 6. The van der Waals surface area contributed by atoms with Crippen molar-refractivity contribution >= 4 is 22.7 Å². The van der Waals surface area contributed by atoms with Gasteiger partial charge in [0.1, 0.15) is 11.7 Å². The first-order chi connectivity index (χ1) is 12.0. The molecule has 1 aliphatic heterocycles. The van der Waals surface area contributed by atoms with Crippen molar-refractivity contribution in [3.05, 3.63) is 36.0 Å². The summed E-state index contributed by atoms with van der Waals surface area (Å²) >= 11 is 0. The van der Waals surface area contributed by atoms with Crippen LogP contribution in [0.25, 0.3) is 10.9 Å². The molecule has 1 aromatic carbocycles. The van der Waals surface area contributed by atoms with Crippen LogP contribution >= 0.6 is 0 Å². The quantitative estimate of drug-likeness (QED) is 0.644. The van der Waals surface area contributed by atoms with Crippen molar-refractivity contribution in [1.82, 2.24) is 20.9 Å². The molecule has 2 amide bonds. The number of aromatic amines is 1. The predicted molar refractivity (Wildman–Crippen MR) is 98.4 cm³/mol. The molecule has 3 atom stereocenters. The lowest BCUT2D eigenvalue weighted by Crippen LogP contribution is -2.60. The van der Waals surface area contributed by atoms with Crippen LogP contribution in [0.1, 0.15) is 31.3 Å². The van der Waals surface area contributed by atoms with Crippen LogP contribution in [0.3, 0.4) is 0 Å². The summed E-state index contributed by atoms with van der Waals surface area (Å²) in [5.41, 5.74) is 1.36. The van der Waals surface area contributed by atoms with E-state index >= 15 is 0 Å². The summed E-state index contributed by atoms with van der Waals surface area (Å²) in [4.78, 5) is 27.7. The molecule has 0 saturated carbocycles. The van der Waals surface area contributed by atoms with E-state index in [1.54, 1.807) is 13.0 Å². The summed E-state index contributed by atoms with van der Waals surface area (Å²) in [6, 6.07) is 9.22.